The molecular formula is C24H25NO5. The molecule has 0 saturated carbocycles. The molecule has 4 rings (SSSR count). The van der Waals surface area contributed by atoms with Crippen molar-refractivity contribution < 1.29 is 18.7 Å². The zero-order chi connectivity index (χ0) is 21.3. The molecular weight excluding hydrogens is 382 g/mol. The van der Waals surface area contributed by atoms with Crippen molar-refractivity contribution in [3.05, 3.63) is 69.6 Å². The Bertz CT molecular complexity index is 1150. The van der Waals surface area contributed by atoms with Crippen molar-refractivity contribution in [2.45, 2.75) is 32.2 Å². The minimum atomic E-state index is -0.545. The van der Waals surface area contributed by atoms with E-state index in [9.17, 15) is 9.59 Å². The molecule has 156 valence electrons. The number of hydrogen-bond acceptors (Lipinski definition) is 5. The lowest BCUT2D eigenvalue weighted by Gasteiger charge is -2.21. The molecule has 0 N–H and O–H groups in total. The maximum atomic E-state index is 13.2. The fraction of sp³-hybridized carbons (Fsp3) is 0.333. The number of fused-ring (bicyclic) bond motifs is 2. The van der Waals surface area contributed by atoms with Gasteiger partial charge in [-0.15, -0.1) is 0 Å². The number of hydrogen-bond donors (Lipinski definition) is 0. The molecule has 6 heteroatoms. The average Bonchev–Trinajstić information content (AvgIpc) is 3.02. The van der Waals surface area contributed by atoms with E-state index in [4.69, 9.17) is 13.9 Å². The lowest BCUT2D eigenvalue weighted by Crippen LogP contribution is -2.25. The fourth-order valence-corrected chi connectivity index (χ4v) is 3.93. The van der Waals surface area contributed by atoms with Gasteiger partial charge in [0.2, 0.25) is 5.76 Å². The van der Waals surface area contributed by atoms with Crippen molar-refractivity contribution in [3.8, 4) is 11.5 Å². The highest BCUT2D eigenvalue weighted by Gasteiger charge is 2.40. The normalized spacial score (nSPS) is 15.5. The van der Waals surface area contributed by atoms with Gasteiger partial charge in [0, 0.05) is 7.05 Å². The number of carbonyl (C=O) groups is 1. The maximum Gasteiger partial charge on any atom is 0.290 e. The van der Waals surface area contributed by atoms with Crippen LogP contribution in [0.2, 0.25) is 0 Å². The smallest absolute Gasteiger partial charge is 0.290 e. The fourth-order valence-electron chi connectivity index (χ4n) is 3.93. The number of rotatable bonds is 7. The van der Waals surface area contributed by atoms with Gasteiger partial charge in [0.25, 0.3) is 5.91 Å². The van der Waals surface area contributed by atoms with E-state index in [1.165, 1.54) is 4.90 Å². The second-order valence-corrected chi connectivity index (χ2v) is 7.45. The van der Waals surface area contributed by atoms with Crippen molar-refractivity contribution in [1.29, 1.82) is 0 Å². The van der Waals surface area contributed by atoms with Crippen molar-refractivity contribution >= 4 is 16.9 Å². The molecule has 0 radical (unpaired) electrons. The molecule has 1 aliphatic heterocycles. The summed E-state index contributed by atoms with van der Waals surface area (Å²) in [4.78, 5) is 27.6. The van der Waals surface area contributed by atoms with E-state index in [1.807, 2.05) is 18.2 Å². The molecule has 0 spiro atoms. The summed E-state index contributed by atoms with van der Waals surface area (Å²) in [5.74, 6) is 1.01. The summed E-state index contributed by atoms with van der Waals surface area (Å²) in [7, 11) is 3.26. The average molecular weight is 407 g/mol. The van der Waals surface area contributed by atoms with Gasteiger partial charge in [-0.3, -0.25) is 9.59 Å². The minimum absolute atomic E-state index is 0.102. The minimum Gasteiger partial charge on any atom is -0.493 e. The summed E-state index contributed by atoms with van der Waals surface area (Å²) in [5, 5.41) is 0.465. The molecule has 2 aromatic carbocycles. The van der Waals surface area contributed by atoms with Crippen molar-refractivity contribution in [1.82, 2.24) is 4.90 Å². The van der Waals surface area contributed by atoms with Crippen LogP contribution in [0, 0.1) is 0 Å². The molecule has 1 atom stereocenters. The number of benzene rings is 2. The Hall–Kier alpha value is -3.28. The van der Waals surface area contributed by atoms with Crippen LogP contribution in [0.5, 0.6) is 11.5 Å². The molecule has 0 bridgehead atoms. The number of para-hydroxylation sites is 1. The van der Waals surface area contributed by atoms with Crippen molar-refractivity contribution in [2.24, 2.45) is 0 Å². The number of ether oxygens (including phenoxy) is 2. The van der Waals surface area contributed by atoms with Gasteiger partial charge >= 0.3 is 0 Å². The summed E-state index contributed by atoms with van der Waals surface area (Å²) in [6, 6.07) is 12.0. The van der Waals surface area contributed by atoms with E-state index < -0.39 is 6.04 Å². The number of amides is 1. The van der Waals surface area contributed by atoms with E-state index in [0.717, 1.165) is 24.8 Å². The SMILES string of the molecule is CCCCCOc1ccc(C2c3c(oc4ccccc4c3=O)C(=O)N2C)cc1OC. The van der Waals surface area contributed by atoms with Crippen LogP contribution in [0.3, 0.4) is 0 Å². The zero-order valence-corrected chi connectivity index (χ0v) is 17.4. The summed E-state index contributed by atoms with van der Waals surface area (Å²) in [6.07, 6.45) is 3.21. The van der Waals surface area contributed by atoms with Gasteiger partial charge in [-0.05, 0) is 36.2 Å². The molecule has 2 heterocycles. The Morgan fingerprint density at radius 3 is 2.63 bits per heavy atom. The van der Waals surface area contributed by atoms with E-state index >= 15 is 0 Å². The predicted molar refractivity (Wildman–Crippen MR) is 114 cm³/mol. The van der Waals surface area contributed by atoms with E-state index in [2.05, 4.69) is 6.92 Å². The highest BCUT2D eigenvalue weighted by Crippen LogP contribution is 2.40. The van der Waals surface area contributed by atoms with Crippen LogP contribution in [0.25, 0.3) is 11.0 Å². The second kappa shape index (κ2) is 8.22. The highest BCUT2D eigenvalue weighted by molar-refractivity contribution is 5.98. The van der Waals surface area contributed by atoms with E-state index in [0.29, 0.717) is 34.6 Å². The molecule has 0 aliphatic carbocycles. The van der Waals surface area contributed by atoms with Crippen LogP contribution >= 0.6 is 0 Å². The molecule has 0 fully saturated rings. The third-order valence-electron chi connectivity index (χ3n) is 5.52. The Morgan fingerprint density at radius 2 is 1.87 bits per heavy atom. The van der Waals surface area contributed by atoms with Gasteiger partial charge < -0.3 is 18.8 Å². The molecule has 3 aromatic rings. The third-order valence-corrected chi connectivity index (χ3v) is 5.52. The van der Waals surface area contributed by atoms with E-state index in [1.54, 1.807) is 38.4 Å². The first kappa shape index (κ1) is 20.0. The molecule has 1 aliphatic rings. The van der Waals surface area contributed by atoms with Crippen molar-refractivity contribution in [3.63, 3.8) is 0 Å². The Labute approximate surface area is 175 Å². The predicted octanol–water partition coefficient (Wildman–Crippen LogP) is 4.55. The Morgan fingerprint density at radius 1 is 1.07 bits per heavy atom. The number of nitrogens with zero attached hydrogens (tertiary/aromatic N) is 1. The molecule has 1 unspecified atom stereocenters. The second-order valence-electron chi connectivity index (χ2n) is 7.45. The molecule has 0 saturated heterocycles. The standard InChI is InChI=1S/C24H25NO5/c1-4-5-8-13-29-18-12-11-15(14-19(18)28-3)21-20-22(26)16-9-6-7-10-17(16)30-23(20)24(27)25(21)2/h6-7,9-12,14,21H,4-5,8,13H2,1-3H3. The largest absolute Gasteiger partial charge is 0.493 e. The Balaban J connectivity index is 1.76. The van der Waals surface area contributed by atoms with Crippen LogP contribution < -0.4 is 14.9 Å². The lowest BCUT2D eigenvalue weighted by atomic mass is 9.98. The zero-order valence-electron chi connectivity index (χ0n) is 17.4. The first-order valence-corrected chi connectivity index (χ1v) is 10.2. The van der Waals surface area contributed by atoms with Gasteiger partial charge in [-0.25, -0.2) is 0 Å². The van der Waals surface area contributed by atoms with E-state index in [-0.39, 0.29) is 17.1 Å². The quantitative estimate of drug-likeness (QED) is 0.538. The van der Waals surface area contributed by atoms with Gasteiger partial charge in [0.1, 0.15) is 5.58 Å². The van der Waals surface area contributed by atoms with Crippen LogP contribution in [-0.4, -0.2) is 31.6 Å². The third kappa shape index (κ3) is 3.32. The molecule has 30 heavy (non-hydrogen) atoms. The van der Waals surface area contributed by atoms with Gasteiger partial charge in [0.05, 0.1) is 30.7 Å². The molecule has 1 amide bonds. The monoisotopic (exact) mass is 407 g/mol. The summed E-state index contributed by atoms with van der Waals surface area (Å²) < 4.78 is 17.2. The summed E-state index contributed by atoms with van der Waals surface area (Å²) >= 11 is 0. The topological polar surface area (TPSA) is 69.0 Å². The van der Waals surface area contributed by atoms with Gasteiger partial charge in [-0.1, -0.05) is 38.0 Å². The van der Waals surface area contributed by atoms with Gasteiger partial charge in [0.15, 0.2) is 16.9 Å². The molecule has 1 aromatic heterocycles. The van der Waals surface area contributed by atoms with Crippen LogP contribution in [0.4, 0.5) is 0 Å². The Kier molecular flexibility index (Phi) is 5.48. The van der Waals surface area contributed by atoms with Gasteiger partial charge in [-0.2, -0.15) is 0 Å². The number of unbranched alkanes of at least 4 members (excludes halogenated alkanes) is 2. The number of methoxy groups -OCH3 is 1. The summed E-state index contributed by atoms with van der Waals surface area (Å²) in [5.41, 5.74) is 1.36. The van der Waals surface area contributed by atoms with Crippen molar-refractivity contribution in [2.75, 3.05) is 20.8 Å². The lowest BCUT2D eigenvalue weighted by molar-refractivity contribution is 0.0771. The first-order chi connectivity index (χ1) is 14.6. The highest BCUT2D eigenvalue weighted by atomic mass is 16.5. The maximum absolute atomic E-state index is 13.2. The van der Waals surface area contributed by atoms with Crippen LogP contribution in [0.15, 0.2) is 51.7 Å². The summed E-state index contributed by atoms with van der Waals surface area (Å²) in [6.45, 7) is 2.76. The van der Waals surface area contributed by atoms with Crippen LogP contribution in [0.1, 0.15) is 53.9 Å². The van der Waals surface area contributed by atoms with Crippen LogP contribution in [-0.2, 0) is 0 Å². The first-order valence-electron chi connectivity index (χ1n) is 10.2. The number of carbonyl (C=O) groups excluding carboxylic acids is 1. The molecule has 6 nitrogen and oxygen atoms in total.